The van der Waals surface area contributed by atoms with Crippen molar-refractivity contribution in [1.82, 2.24) is 10.2 Å². The molecule has 1 atom stereocenters. The highest BCUT2D eigenvalue weighted by Gasteiger charge is 2.37. The second-order valence-corrected chi connectivity index (χ2v) is 6.69. The third kappa shape index (κ3) is 5.13. The van der Waals surface area contributed by atoms with Gasteiger partial charge in [-0.25, -0.2) is 0 Å². The number of nitrogens with one attached hydrogen (secondary N) is 1. The normalized spacial score (nSPS) is 15.9. The van der Waals surface area contributed by atoms with Crippen molar-refractivity contribution in [2.75, 3.05) is 45.8 Å². The molecule has 1 N–H and O–H groups in total. The van der Waals surface area contributed by atoms with E-state index in [4.69, 9.17) is 21.1 Å². The second-order valence-electron chi connectivity index (χ2n) is 6.25. The molecule has 1 aliphatic heterocycles. The van der Waals surface area contributed by atoms with Crippen LogP contribution < -0.4 is 15.0 Å². The number of anilines is 1. The molecule has 10 heteroatoms. The van der Waals surface area contributed by atoms with Gasteiger partial charge in [0, 0.05) is 32.1 Å². The van der Waals surface area contributed by atoms with Gasteiger partial charge < -0.3 is 24.6 Å². The first-order valence-corrected chi connectivity index (χ1v) is 8.89. The summed E-state index contributed by atoms with van der Waals surface area (Å²) in [5.41, 5.74) is 0.469. The van der Waals surface area contributed by atoms with Crippen molar-refractivity contribution in [2.24, 2.45) is 5.92 Å². The van der Waals surface area contributed by atoms with Crippen molar-refractivity contribution in [3.8, 4) is 5.75 Å². The minimum atomic E-state index is -0.715. The van der Waals surface area contributed by atoms with Crippen molar-refractivity contribution in [2.45, 2.75) is 6.42 Å². The third-order valence-corrected chi connectivity index (χ3v) is 4.55. The van der Waals surface area contributed by atoms with Gasteiger partial charge in [0.25, 0.3) is 5.91 Å². The van der Waals surface area contributed by atoms with Gasteiger partial charge in [0.2, 0.25) is 11.8 Å². The lowest BCUT2D eigenvalue weighted by Crippen LogP contribution is -2.39. The van der Waals surface area contributed by atoms with E-state index in [0.29, 0.717) is 16.5 Å². The largest absolute Gasteiger partial charge is 0.495 e. The molecule has 152 valence electrons. The second kappa shape index (κ2) is 9.41. The summed E-state index contributed by atoms with van der Waals surface area (Å²) in [7, 11) is 4.36. The first kappa shape index (κ1) is 21.5. The van der Waals surface area contributed by atoms with Crippen LogP contribution in [0.2, 0.25) is 5.02 Å². The summed E-state index contributed by atoms with van der Waals surface area (Å²) in [6, 6.07) is 4.86. The molecule has 3 amide bonds. The van der Waals surface area contributed by atoms with E-state index in [1.807, 2.05) is 0 Å². The molecule has 0 radical (unpaired) electrons. The number of halogens is 1. The van der Waals surface area contributed by atoms with Gasteiger partial charge >= 0.3 is 5.97 Å². The predicted molar refractivity (Wildman–Crippen MR) is 101 cm³/mol. The van der Waals surface area contributed by atoms with E-state index in [1.54, 1.807) is 18.2 Å². The number of hydrogen-bond donors (Lipinski definition) is 1. The fraction of sp³-hybridized carbons (Fsp3) is 0.444. The molecule has 0 aromatic heterocycles. The third-order valence-electron chi connectivity index (χ3n) is 4.31. The molecule has 0 saturated carbocycles. The van der Waals surface area contributed by atoms with Crippen molar-refractivity contribution in [3.05, 3.63) is 23.2 Å². The number of rotatable bonds is 7. The Hall–Kier alpha value is -2.81. The van der Waals surface area contributed by atoms with Crippen LogP contribution in [0.25, 0.3) is 0 Å². The maximum absolute atomic E-state index is 12.4. The fourth-order valence-electron chi connectivity index (χ4n) is 2.72. The van der Waals surface area contributed by atoms with Crippen LogP contribution in [0, 0.1) is 5.92 Å². The molecule has 1 heterocycles. The van der Waals surface area contributed by atoms with Crippen LogP contribution in [0.15, 0.2) is 18.2 Å². The Morgan fingerprint density at radius 1 is 1.36 bits per heavy atom. The first-order chi connectivity index (χ1) is 13.3. The van der Waals surface area contributed by atoms with E-state index in [9.17, 15) is 19.2 Å². The van der Waals surface area contributed by atoms with Gasteiger partial charge in [0.15, 0.2) is 6.61 Å². The highest BCUT2D eigenvalue weighted by atomic mass is 35.5. The summed E-state index contributed by atoms with van der Waals surface area (Å²) in [5, 5.41) is 2.83. The molecule has 2 rings (SSSR count). The van der Waals surface area contributed by atoms with Crippen LogP contribution >= 0.6 is 11.6 Å². The van der Waals surface area contributed by atoms with Crippen LogP contribution in [-0.2, 0) is 23.9 Å². The van der Waals surface area contributed by atoms with Crippen LogP contribution in [0.1, 0.15) is 6.42 Å². The number of nitrogens with zero attached hydrogens (tertiary/aromatic N) is 2. The van der Waals surface area contributed by atoms with Gasteiger partial charge in [-0.3, -0.25) is 19.2 Å². The molecule has 0 aliphatic carbocycles. The number of methoxy groups -OCH3 is 1. The predicted octanol–water partition coefficient (Wildman–Crippen LogP) is 0.449. The molecular weight excluding hydrogens is 390 g/mol. The van der Waals surface area contributed by atoms with Gasteiger partial charge in [-0.1, -0.05) is 11.6 Å². The summed E-state index contributed by atoms with van der Waals surface area (Å²) >= 11 is 6.00. The van der Waals surface area contributed by atoms with Gasteiger partial charge in [0.05, 0.1) is 25.3 Å². The zero-order valence-electron chi connectivity index (χ0n) is 15.9. The molecular formula is C18H22ClN3O6. The summed E-state index contributed by atoms with van der Waals surface area (Å²) in [6.45, 7) is -0.550. The van der Waals surface area contributed by atoms with Gasteiger partial charge in [-0.15, -0.1) is 0 Å². The average Bonchev–Trinajstić information content (AvgIpc) is 3.07. The van der Waals surface area contributed by atoms with E-state index in [2.05, 4.69) is 5.32 Å². The summed E-state index contributed by atoms with van der Waals surface area (Å²) in [5.74, 6) is -2.04. The van der Waals surface area contributed by atoms with Crippen molar-refractivity contribution in [3.63, 3.8) is 0 Å². The highest BCUT2D eigenvalue weighted by molar-refractivity contribution is 6.31. The van der Waals surface area contributed by atoms with Crippen LogP contribution in [-0.4, -0.2) is 69.5 Å². The van der Waals surface area contributed by atoms with E-state index in [1.165, 1.54) is 26.1 Å². The monoisotopic (exact) mass is 411 g/mol. The van der Waals surface area contributed by atoms with Crippen molar-refractivity contribution >= 4 is 41.0 Å². The summed E-state index contributed by atoms with van der Waals surface area (Å²) < 4.78 is 10.3. The highest BCUT2D eigenvalue weighted by Crippen LogP contribution is 2.35. The van der Waals surface area contributed by atoms with E-state index in [-0.39, 0.29) is 31.3 Å². The molecule has 1 aliphatic rings. The Labute approximate surface area is 167 Å². The molecule has 1 fully saturated rings. The molecule has 1 saturated heterocycles. The number of hydrogen-bond acceptors (Lipinski definition) is 6. The smallest absolute Gasteiger partial charge is 0.311 e. The quantitative estimate of drug-likeness (QED) is 0.653. The lowest BCUT2D eigenvalue weighted by molar-refractivity contribution is -0.155. The Balaban J connectivity index is 1.96. The number of esters is 1. The minimum Gasteiger partial charge on any atom is -0.495 e. The van der Waals surface area contributed by atoms with Crippen LogP contribution in [0.5, 0.6) is 5.75 Å². The van der Waals surface area contributed by atoms with E-state index < -0.39 is 24.4 Å². The fourth-order valence-corrected chi connectivity index (χ4v) is 2.88. The number of amides is 3. The van der Waals surface area contributed by atoms with Crippen molar-refractivity contribution < 1.29 is 28.7 Å². The van der Waals surface area contributed by atoms with Crippen LogP contribution in [0.4, 0.5) is 5.69 Å². The Morgan fingerprint density at radius 3 is 2.71 bits per heavy atom. The Kier molecular flexibility index (Phi) is 7.22. The zero-order valence-corrected chi connectivity index (χ0v) is 16.6. The lowest BCUT2D eigenvalue weighted by Gasteiger charge is -2.20. The number of likely N-dealkylation sites (N-methyl/N-ethyl adjacent to an activating group) is 2. The maximum atomic E-state index is 12.4. The van der Waals surface area contributed by atoms with Gasteiger partial charge in [-0.2, -0.15) is 0 Å². The van der Waals surface area contributed by atoms with Gasteiger partial charge in [-0.05, 0) is 18.2 Å². The zero-order chi connectivity index (χ0) is 20.8. The molecule has 28 heavy (non-hydrogen) atoms. The Morgan fingerprint density at radius 2 is 2.07 bits per heavy atom. The molecule has 0 unspecified atom stereocenters. The number of benzene rings is 1. The summed E-state index contributed by atoms with van der Waals surface area (Å²) in [4.78, 5) is 50.4. The first-order valence-electron chi connectivity index (χ1n) is 8.52. The topological polar surface area (TPSA) is 105 Å². The molecule has 1 aromatic rings. The SMILES string of the molecule is CNC(=O)CN(C)C(=O)COC(=O)[C@@H]1CC(=O)N(c2cc(Cl)ccc2OC)C1. The average molecular weight is 412 g/mol. The maximum Gasteiger partial charge on any atom is 0.311 e. The number of carbonyl (C=O) groups excluding carboxylic acids is 4. The minimum absolute atomic E-state index is 0.0449. The van der Waals surface area contributed by atoms with E-state index in [0.717, 1.165) is 4.90 Å². The van der Waals surface area contributed by atoms with Gasteiger partial charge in [0.1, 0.15) is 5.75 Å². The lowest BCUT2D eigenvalue weighted by atomic mass is 10.1. The van der Waals surface area contributed by atoms with E-state index >= 15 is 0 Å². The molecule has 1 aromatic carbocycles. The van der Waals surface area contributed by atoms with Crippen LogP contribution in [0.3, 0.4) is 0 Å². The molecule has 0 spiro atoms. The standard InChI is InChI=1S/C18H22ClN3O6/c1-20-15(23)9-21(2)17(25)10-28-18(26)11-6-16(24)22(8-11)13-7-12(19)4-5-14(13)27-3/h4-5,7,11H,6,8-10H2,1-3H3,(H,20,23)/t11-/m1/s1. The number of ether oxygens (including phenoxy) is 2. The molecule has 9 nitrogen and oxygen atoms in total. The summed E-state index contributed by atoms with van der Waals surface area (Å²) in [6.07, 6.45) is -0.0449. The molecule has 0 bridgehead atoms. The van der Waals surface area contributed by atoms with Crippen molar-refractivity contribution in [1.29, 1.82) is 0 Å². The number of carbonyl (C=O) groups is 4. The Bertz CT molecular complexity index is 785.